The van der Waals surface area contributed by atoms with E-state index in [2.05, 4.69) is 0 Å². The molecule has 0 bridgehead atoms. The van der Waals surface area contributed by atoms with Crippen LogP contribution in [-0.2, 0) is 6.42 Å². The summed E-state index contributed by atoms with van der Waals surface area (Å²) in [6.07, 6.45) is 1.30. The van der Waals surface area contributed by atoms with Gasteiger partial charge >= 0.3 is 0 Å². The molecule has 1 N–H and O–H groups in total. The van der Waals surface area contributed by atoms with Crippen LogP contribution in [0.25, 0.3) is 0 Å². The molecule has 1 nitrogen and oxygen atoms in total. The lowest BCUT2D eigenvalue weighted by Gasteiger charge is -2.16. The van der Waals surface area contributed by atoms with Crippen LogP contribution in [-0.4, -0.2) is 11.2 Å². The summed E-state index contributed by atoms with van der Waals surface area (Å²) in [6.45, 7) is 3.98. The molecule has 1 aromatic rings. The van der Waals surface area contributed by atoms with Gasteiger partial charge in [-0.1, -0.05) is 26.0 Å². The van der Waals surface area contributed by atoms with Gasteiger partial charge in [0.25, 0.3) is 0 Å². The third kappa shape index (κ3) is 3.11. The molecule has 0 fully saturated rings. The van der Waals surface area contributed by atoms with Crippen molar-refractivity contribution in [3.63, 3.8) is 0 Å². The molecule has 1 rings (SSSR count). The number of benzene rings is 1. The topological polar surface area (TPSA) is 20.2 Å². The van der Waals surface area contributed by atoms with Crippen molar-refractivity contribution in [1.82, 2.24) is 0 Å². The van der Waals surface area contributed by atoms with E-state index in [1.165, 1.54) is 12.1 Å². The van der Waals surface area contributed by atoms with Gasteiger partial charge in [0.15, 0.2) is 0 Å². The SMILES string of the molecule is CCC(O)C(C)Cc1ccc(F)cc1. The highest BCUT2D eigenvalue weighted by molar-refractivity contribution is 5.16. The molecule has 0 aliphatic carbocycles. The Bertz CT molecular complexity index is 268. The fraction of sp³-hybridized carbons (Fsp3) is 0.500. The normalized spacial score (nSPS) is 15.1. The van der Waals surface area contributed by atoms with Crippen molar-refractivity contribution in [3.8, 4) is 0 Å². The highest BCUT2D eigenvalue weighted by atomic mass is 19.1. The molecule has 2 unspecified atom stereocenters. The molecule has 2 atom stereocenters. The molecule has 0 spiro atoms. The second-order valence-corrected chi connectivity index (χ2v) is 3.78. The fourth-order valence-electron chi connectivity index (χ4n) is 1.53. The zero-order valence-electron chi connectivity index (χ0n) is 8.70. The van der Waals surface area contributed by atoms with Crippen LogP contribution in [0.4, 0.5) is 4.39 Å². The maximum atomic E-state index is 12.6. The molecular formula is C12H17FO. The Labute approximate surface area is 84.6 Å². The highest BCUT2D eigenvalue weighted by Gasteiger charge is 2.12. The molecule has 78 valence electrons. The van der Waals surface area contributed by atoms with Crippen LogP contribution in [0.5, 0.6) is 0 Å². The Hall–Kier alpha value is -0.890. The van der Waals surface area contributed by atoms with Crippen LogP contribution in [0.15, 0.2) is 24.3 Å². The Kier molecular flexibility index (Phi) is 4.08. The zero-order valence-corrected chi connectivity index (χ0v) is 8.70. The minimum Gasteiger partial charge on any atom is -0.393 e. The Morgan fingerprint density at radius 1 is 1.29 bits per heavy atom. The van der Waals surface area contributed by atoms with Crippen LogP contribution >= 0.6 is 0 Å². The van der Waals surface area contributed by atoms with Crippen molar-refractivity contribution >= 4 is 0 Å². The summed E-state index contributed by atoms with van der Waals surface area (Å²) in [4.78, 5) is 0. The molecule has 0 amide bonds. The maximum absolute atomic E-state index is 12.6. The minimum absolute atomic E-state index is 0.211. The van der Waals surface area contributed by atoms with Gasteiger partial charge in [-0.3, -0.25) is 0 Å². The molecule has 2 heteroatoms. The van der Waals surface area contributed by atoms with Crippen molar-refractivity contribution in [2.24, 2.45) is 5.92 Å². The molecule has 0 radical (unpaired) electrons. The number of hydrogen-bond donors (Lipinski definition) is 1. The Balaban J connectivity index is 2.56. The quantitative estimate of drug-likeness (QED) is 0.785. The third-order valence-electron chi connectivity index (χ3n) is 2.55. The van der Waals surface area contributed by atoms with E-state index in [0.29, 0.717) is 0 Å². The number of halogens is 1. The lowest BCUT2D eigenvalue weighted by atomic mass is 9.94. The largest absolute Gasteiger partial charge is 0.393 e. The van der Waals surface area contributed by atoms with Crippen molar-refractivity contribution in [1.29, 1.82) is 0 Å². The lowest BCUT2D eigenvalue weighted by molar-refractivity contribution is 0.113. The second kappa shape index (κ2) is 5.11. The molecule has 14 heavy (non-hydrogen) atoms. The summed E-state index contributed by atoms with van der Waals surface area (Å²) in [7, 11) is 0. The van der Waals surface area contributed by atoms with Gasteiger partial charge in [-0.05, 0) is 36.5 Å². The lowest BCUT2D eigenvalue weighted by Crippen LogP contribution is -2.18. The van der Waals surface area contributed by atoms with Crippen LogP contribution in [0.3, 0.4) is 0 Å². The van der Waals surface area contributed by atoms with Gasteiger partial charge < -0.3 is 5.11 Å². The predicted molar refractivity (Wildman–Crippen MR) is 55.6 cm³/mol. The van der Waals surface area contributed by atoms with Gasteiger partial charge in [-0.25, -0.2) is 4.39 Å². The first kappa shape index (κ1) is 11.2. The van der Waals surface area contributed by atoms with E-state index >= 15 is 0 Å². The molecular weight excluding hydrogens is 179 g/mol. The summed E-state index contributed by atoms with van der Waals surface area (Å²) in [5.74, 6) is 0.0166. The summed E-state index contributed by atoms with van der Waals surface area (Å²) in [5, 5.41) is 9.57. The van der Waals surface area contributed by atoms with Crippen LogP contribution < -0.4 is 0 Å². The summed E-state index contributed by atoms with van der Waals surface area (Å²) in [5.41, 5.74) is 1.08. The van der Waals surface area contributed by atoms with Gasteiger partial charge in [0, 0.05) is 0 Å². The zero-order chi connectivity index (χ0) is 10.6. The molecule has 0 aliphatic heterocycles. The van der Waals surface area contributed by atoms with Crippen molar-refractivity contribution < 1.29 is 9.50 Å². The van der Waals surface area contributed by atoms with E-state index in [9.17, 15) is 9.50 Å². The maximum Gasteiger partial charge on any atom is 0.123 e. The summed E-state index contributed by atoms with van der Waals surface area (Å²) >= 11 is 0. The third-order valence-corrected chi connectivity index (χ3v) is 2.55. The van der Waals surface area contributed by atoms with Crippen molar-refractivity contribution in [3.05, 3.63) is 35.6 Å². The van der Waals surface area contributed by atoms with E-state index < -0.39 is 0 Å². The first-order chi connectivity index (χ1) is 6.63. The van der Waals surface area contributed by atoms with E-state index in [1.54, 1.807) is 12.1 Å². The van der Waals surface area contributed by atoms with Gasteiger partial charge in [-0.2, -0.15) is 0 Å². The van der Waals surface area contributed by atoms with E-state index in [-0.39, 0.29) is 17.8 Å². The molecule has 0 aromatic heterocycles. The average Bonchev–Trinajstić information content (AvgIpc) is 2.20. The summed E-state index contributed by atoms with van der Waals surface area (Å²) in [6, 6.07) is 6.46. The minimum atomic E-state index is -0.264. The predicted octanol–water partition coefficient (Wildman–Crippen LogP) is 2.78. The van der Waals surface area contributed by atoms with E-state index in [1.807, 2.05) is 13.8 Å². The molecule has 0 saturated heterocycles. The van der Waals surface area contributed by atoms with Gasteiger partial charge in [-0.15, -0.1) is 0 Å². The molecule has 0 saturated carbocycles. The number of rotatable bonds is 4. The highest BCUT2D eigenvalue weighted by Crippen LogP contribution is 2.14. The molecule has 0 heterocycles. The first-order valence-corrected chi connectivity index (χ1v) is 5.06. The molecule has 1 aromatic carbocycles. The number of hydrogen-bond acceptors (Lipinski definition) is 1. The molecule has 0 aliphatic rings. The summed E-state index contributed by atoms with van der Waals surface area (Å²) < 4.78 is 12.6. The van der Waals surface area contributed by atoms with Crippen molar-refractivity contribution in [2.45, 2.75) is 32.8 Å². The standard InChI is InChI=1S/C12H17FO/c1-3-12(14)9(2)8-10-4-6-11(13)7-5-10/h4-7,9,12,14H,3,8H2,1-2H3. The smallest absolute Gasteiger partial charge is 0.123 e. The van der Waals surface area contributed by atoms with E-state index in [0.717, 1.165) is 18.4 Å². The monoisotopic (exact) mass is 196 g/mol. The first-order valence-electron chi connectivity index (χ1n) is 5.06. The van der Waals surface area contributed by atoms with Gasteiger partial charge in [0.2, 0.25) is 0 Å². The number of aliphatic hydroxyl groups is 1. The van der Waals surface area contributed by atoms with Crippen LogP contribution in [0, 0.1) is 11.7 Å². The van der Waals surface area contributed by atoms with E-state index in [4.69, 9.17) is 0 Å². The number of aliphatic hydroxyl groups excluding tert-OH is 1. The van der Waals surface area contributed by atoms with Gasteiger partial charge in [0.1, 0.15) is 5.82 Å². The second-order valence-electron chi connectivity index (χ2n) is 3.78. The Morgan fingerprint density at radius 3 is 2.36 bits per heavy atom. The fourth-order valence-corrected chi connectivity index (χ4v) is 1.53. The van der Waals surface area contributed by atoms with Gasteiger partial charge in [0.05, 0.1) is 6.10 Å². The van der Waals surface area contributed by atoms with Crippen LogP contribution in [0.1, 0.15) is 25.8 Å². The average molecular weight is 196 g/mol. The van der Waals surface area contributed by atoms with Crippen LogP contribution in [0.2, 0.25) is 0 Å². The Morgan fingerprint density at radius 2 is 1.86 bits per heavy atom. The van der Waals surface area contributed by atoms with Crippen molar-refractivity contribution in [2.75, 3.05) is 0 Å².